The summed E-state index contributed by atoms with van der Waals surface area (Å²) in [5, 5.41) is 11.8. The first-order valence-corrected chi connectivity index (χ1v) is 10.2. The van der Waals surface area contributed by atoms with Crippen LogP contribution in [-0.4, -0.2) is 18.4 Å². The van der Waals surface area contributed by atoms with Crippen molar-refractivity contribution in [1.29, 1.82) is 5.26 Å². The van der Waals surface area contributed by atoms with E-state index in [0.29, 0.717) is 29.8 Å². The van der Waals surface area contributed by atoms with E-state index in [9.17, 15) is 9.59 Å². The summed E-state index contributed by atoms with van der Waals surface area (Å²) in [6, 6.07) is 22.1. The molecular weight excluding hydrogens is 386 g/mol. The van der Waals surface area contributed by atoms with Gasteiger partial charge in [0.1, 0.15) is 0 Å². The van der Waals surface area contributed by atoms with Gasteiger partial charge in [-0.05, 0) is 67.8 Å². The Hall–Kier alpha value is -3.91. The molecule has 3 rings (SSSR count). The first-order chi connectivity index (χ1) is 14.9. The average Bonchev–Trinajstić information content (AvgIpc) is 2.79. The molecular formula is C26H25N3O2. The number of amides is 2. The maximum absolute atomic E-state index is 13.2. The van der Waals surface area contributed by atoms with Gasteiger partial charge in [-0.25, -0.2) is 0 Å². The van der Waals surface area contributed by atoms with E-state index >= 15 is 0 Å². The van der Waals surface area contributed by atoms with Crippen LogP contribution >= 0.6 is 0 Å². The molecule has 0 spiro atoms. The maximum Gasteiger partial charge on any atom is 0.258 e. The third-order valence-corrected chi connectivity index (χ3v) is 5.24. The number of carbonyl (C=O) groups excluding carboxylic acids is 2. The number of benzene rings is 3. The van der Waals surface area contributed by atoms with Crippen molar-refractivity contribution in [3.8, 4) is 6.07 Å². The number of hydrogen-bond acceptors (Lipinski definition) is 3. The van der Waals surface area contributed by atoms with Crippen molar-refractivity contribution >= 4 is 17.5 Å². The van der Waals surface area contributed by atoms with Crippen LogP contribution in [0.5, 0.6) is 0 Å². The SMILES string of the molecule is CCN(C(=O)c1ccccc1C)c1cc(C(=O)NCc2ccc(C#N)cc2)ccc1C. The Kier molecular flexibility index (Phi) is 6.84. The summed E-state index contributed by atoms with van der Waals surface area (Å²) in [4.78, 5) is 27.6. The van der Waals surface area contributed by atoms with E-state index in [1.807, 2.05) is 63.2 Å². The first-order valence-electron chi connectivity index (χ1n) is 10.2. The van der Waals surface area contributed by atoms with Gasteiger partial charge < -0.3 is 10.2 Å². The van der Waals surface area contributed by atoms with E-state index in [2.05, 4.69) is 11.4 Å². The van der Waals surface area contributed by atoms with E-state index in [0.717, 1.165) is 22.4 Å². The van der Waals surface area contributed by atoms with Gasteiger partial charge in [-0.2, -0.15) is 5.26 Å². The van der Waals surface area contributed by atoms with Gasteiger partial charge in [-0.1, -0.05) is 36.4 Å². The molecule has 31 heavy (non-hydrogen) atoms. The lowest BCUT2D eigenvalue weighted by Gasteiger charge is -2.24. The van der Waals surface area contributed by atoms with Crippen LogP contribution in [0.15, 0.2) is 66.7 Å². The molecule has 3 aromatic carbocycles. The molecule has 0 aliphatic heterocycles. The van der Waals surface area contributed by atoms with Crippen molar-refractivity contribution in [3.63, 3.8) is 0 Å². The molecule has 0 aromatic heterocycles. The number of rotatable bonds is 6. The summed E-state index contributed by atoms with van der Waals surface area (Å²) in [7, 11) is 0. The van der Waals surface area contributed by atoms with E-state index < -0.39 is 0 Å². The lowest BCUT2D eigenvalue weighted by atomic mass is 10.0. The zero-order chi connectivity index (χ0) is 22.4. The number of nitriles is 1. The normalized spacial score (nSPS) is 10.3. The fourth-order valence-electron chi connectivity index (χ4n) is 3.40. The third kappa shape index (κ3) is 4.99. The number of carbonyl (C=O) groups is 2. The summed E-state index contributed by atoms with van der Waals surface area (Å²) in [6.45, 7) is 6.62. The predicted molar refractivity (Wildman–Crippen MR) is 122 cm³/mol. The second-order valence-corrected chi connectivity index (χ2v) is 7.36. The maximum atomic E-state index is 13.2. The number of nitrogens with zero attached hydrogens (tertiary/aromatic N) is 2. The standard InChI is InChI=1S/C26H25N3O2/c1-4-29(26(31)23-8-6-5-7-18(23)2)24-15-22(14-9-19(24)3)25(30)28-17-21-12-10-20(16-27)11-13-21/h5-15H,4,17H2,1-3H3,(H,28,30). The minimum Gasteiger partial charge on any atom is -0.348 e. The van der Waals surface area contributed by atoms with Crippen LogP contribution in [0.1, 0.15) is 49.9 Å². The molecule has 0 heterocycles. The molecule has 0 atom stereocenters. The summed E-state index contributed by atoms with van der Waals surface area (Å²) in [5.74, 6) is -0.302. The third-order valence-electron chi connectivity index (χ3n) is 5.24. The summed E-state index contributed by atoms with van der Waals surface area (Å²) in [5.41, 5.74) is 5.19. The van der Waals surface area contributed by atoms with Gasteiger partial charge in [-0.3, -0.25) is 9.59 Å². The van der Waals surface area contributed by atoms with Gasteiger partial charge in [0.2, 0.25) is 0 Å². The molecule has 0 aliphatic rings. The van der Waals surface area contributed by atoms with Crippen molar-refractivity contribution in [3.05, 3.63) is 100 Å². The second-order valence-electron chi connectivity index (χ2n) is 7.36. The van der Waals surface area contributed by atoms with Crippen molar-refractivity contribution < 1.29 is 9.59 Å². The van der Waals surface area contributed by atoms with Gasteiger partial charge >= 0.3 is 0 Å². The topological polar surface area (TPSA) is 73.2 Å². The van der Waals surface area contributed by atoms with Gasteiger partial charge in [0.15, 0.2) is 0 Å². The number of anilines is 1. The molecule has 0 fully saturated rings. The molecule has 5 nitrogen and oxygen atoms in total. The smallest absolute Gasteiger partial charge is 0.258 e. The minimum atomic E-state index is -0.218. The molecule has 3 aromatic rings. The molecule has 2 amide bonds. The number of aryl methyl sites for hydroxylation is 2. The Balaban J connectivity index is 1.81. The second kappa shape index (κ2) is 9.73. The monoisotopic (exact) mass is 411 g/mol. The zero-order valence-corrected chi connectivity index (χ0v) is 18.0. The number of nitrogens with one attached hydrogen (secondary N) is 1. The van der Waals surface area contributed by atoms with Crippen LogP contribution in [0.4, 0.5) is 5.69 Å². The highest BCUT2D eigenvalue weighted by molar-refractivity contribution is 6.08. The molecule has 5 heteroatoms. The highest BCUT2D eigenvalue weighted by Crippen LogP contribution is 2.24. The Bertz CT molecular complexity index is 1140. The van der Waals surface area contributed by atoms with E-state index in [4.69, 9.17) is 5.26 Å². The summed E-state index contributed by atoms with van der Waals surface area (Å²) < 4.78 is 0. The van der Waals surface area contributed by atoms with Gasteiger partial charge in [0.05, 0.1) is 11.6 Å². The molecule has 1 N–H and O–H groups in total. The van der Waals surface area contributed by atoms with E-state index in [1.54, 1.807) is 29.2 Å². The van der Waals surface area contributed by atoms with Crippen LogP contribution in [0.3, 0.4) is 0 Å². The van der Waals surface area contributed by atoms with Crippen molar-refractivity contribution in [2.24, 2.45) is 0 Å². The van der Waals surface area contributed by atoms with Crippen LogP contribution in [0.2, 0.25) is 0 Å². The van der Waals surface area contributed by atoms with Gasteiger partial charge in [0, 0.05) is 29.9 Å². The lowest BCUT2D eigenvalue weighted by molar-refractivity contribution is 0.0948. The van der Waals surface area contributed by atoms with Crippen LogP contribution in [0, 0.1) is 25.2 Å². The Morgan fingerprint density at radius 1 is 0.968 bits per heavy atom. The molecule has 0 bridgehead atoms. The Morgan fingerprint density at radius 2 is 1.68 bits per heavy atom. The molecule has 0 radical (unpaired) electrons. The van der Waals surface area contributed by atoms with Crippen LogP contribution < -0.4 is 10.2 Å². The largest absolute Gasteiger partial charge is 0.348 e. The Labute approximate surface area is 182 Å². The molecule has 0 aliphatic carbocycles. The minimum absolute atomic E-state index is 0.0844. The fraction of sp³-hybridized carbons (Fsp3) is 0.192. The average molecular weight is 412 g/mol. The molecule has 0 saturated carbocycles. The highest BCUT2D eigenvalue weighted by Gasteiger charge is 2.20. The van der Waals surface area contributed by atoms with Gasteiger partial charge in [-0.15, -0.1) is 0 Å². The Morgan fingerprint density at radius 3 is 2.32 bits per heavy atom. The first kappa shape index (κ1) is 21.8. The fourth-order valence-corrected chi connectivity index (χ4v) is 3.40. The summed E-state index contributed by atoms with van der Waals surface area (Å²) in [6.07, 6.45) is 0. The van der Waals surface area contributed by atoms with Crippen LogP contribution in [-0.2, 0) is 6.54 Å². The zero-order valence-electron chi connectivity index (χ0n) is 18.0. The molecule has 0 unspecified atom stereocenters. The van der Waals surface area contributed by atoms with Crippen molar-refractivity contribution in [2.75, 3.05) is 11.4 Å². The van der Waals surface area contributed by atoms with Crippen LogP contribution in [0.25, 0.3) is 0 Å². The van der Waals surface area contributed by atoms with Crippen molar-refractivity contribution in [2.45, 2.75) is 27.3 Å². The molecule has 156 valence electrons. The quantitative estimate of drug-likeness (QED) is 0.635. The number of hydrogen-bond donors (Lipinski definition) is 1. The van der Waals surface area contributed by atoms with E-state index in [-0.39, 0.29) is 11.8 Å². The van der Waals surface area contributed by atoms with Gasteiger partial charge in [0.25, 0.3) is 11.8 Å². The predicted octanol–water partition coefficient (Wildman–Crippen LogP) is 4.77. The summed E-state index contributed by atoms with van der Waals surface area (Å²) >= 11 is 0. The van der Waals surface area contributed by atoms with E-state index in [1.165, 1.54) is 0 Å². The van der Waals surface area contributed by atoms with Crippen molar-refractivity contribution in [1.82, 2.24) is 5.32 Å². The molecule has 0 saturated heterocycles. The highest BCUT2D eigenvalue weighted by atomic mass is 16.2. The lowest BCUT2D eigenvalue weighted by Crippen LogP contribution is -2.32.